The summed E-state index contributed by atoms with van der Waals surface area (Å²) >= 11 is 0. The number of hydrogen-bond donors (Lipinski definition) is 3. The maximum absolute atomic E-state index is 10.6. The van der Waals surface area contributed by atoms with Crippen molar-refractivity contribution in [2.24, 2.45) is 0 Å². The molecule has 0 saturated heterocycles. The molecule has 0 aromatic rings. The molecule has 0 saturated carbocycles. The Morgan fingerprint density at radius 3 is 1.62 bits per heavy atom. The molecule has 0 radical (unpaired) electrons. The van der Waals surface area contributed by atoms with Crippen molar-refractivity contribution in [1.82, 2.24) is 20.9 Å². The average molecular weight is 373 g/mol. The quantitative estimate of drug-likeness (QED) is 0.514. The van der Waals surface area contributed by atoms with Gasteiger partial charge in [-0.3, -0.25) is 14.4 Å². The largest absolute Gasteiger partial charge is 0.356 e. The van der Waals surface area contributed by atoms with Crippen LogP contribution in [0.1, 0.15) is 29.2 Å². The summed E-state index contributed by atoms with van der Waals surface area (Å²) in [5, 5.41) is 7.21. The topological polar surface area (TPSA) is 90.5 Å². The molecule has 7 heteroatoms. The number of carbonyl (C=O) groups excluding carboxylic acids is 3. The molecule has 0 unspecified atom stereocenters. The van der Waals surface area contributed by atoms with E-state index in [1.54, 1.807) is 28.1 Å². The van der Waals surface area contributed by atoms with Gasteiger partial charge in [-0.1, -0.05) is 40.9 Å². The predicted molar refractivity (Wildman–Crippen MR) is 114 cm³/mol. The summed E-state index contributed by atoms with van der Waals surface area (Å²) < 4.78 is 0. The van der Waals surface area contributed by atoms with Crippen molar-refractivity contribution in [3.63, 3.8) is 0 Å². The molecule has 0 spiro atoms. The van der Waals surface area contributed by atoms with Gasteiger partial charge in [-0.2, -0.15) is 0 Å². The minimum atomic E-state index is -0.234. The van der Waals surface area contributed by atoms with Crippen molar-refractivity contribution in [1.29, 1.82) is 0 Å². The third kappa shape index (κ3) is 43.0. The molecular formula is C19H40N4O3. The Morgan fingerprint density at radius 2 is 1.42 bits per heavy atom. The van der Waals surface area contributed by atoms with Gasteiger partial charge < -0.3 is 20.9 Å². The monoisotopic (exact) mass is 372 g/mol. The van der Waals surface area contributed by atoms with Crippen LogP contribution in [-0.4, -0.2) is 64.4 Å². The fraction of sp³-hybridized carbons (Fsp3) is 0.526. The SMILES string of the molecule is C.C.C.C=CC(=O)NC.CC#CC(=O)NC.CNC(=O)/C=C/CN(C)C. The van der Waals surface area contributed by atoms with Gasteiger partial charge in [0, 0.05) is 33.8 Å². The van der Waals surface area contributed by atoms with Gasteiger partial charge in [0.2, 0.25) is 11.8 Å². The molecule has 26 heavy (non-hydrogen) atoms. The second-order valence-electron chi connectivity index (χ2n) is 4.05. The van der Waals surface area contributed by atoms with Crippen LogP contribution in [0.5, 0.6) is 0 Å². The Bertz CT molecular complexity index is 447. The van der Waals surface area contributed by atoms with Crippen LogP contribution in [0.2, 0.25) is 0 Å². The van der Waals surface area contributed by atoms with Crippen molar-refractivity contribution in [2.75, 3.05) is 41.8 Å². The lowest BCUT2D eigenvalue weighted by atomic mass is 10.4. The first-order chi connectivity index (χ1) is 10.8. The van der Waals surface area contributed by atoms with Crippen molar-refractivity contribution in [3.8, 4) is 11.8 Å². The van der Waals surface area contributed by atoms with Gasteiger partial charge in [0.1, 0.15) is 0 Å². The van der Waals surface area contributed by atoms with Gasteiger partial charge in [0.05, 0.1) is 0 Å². The van der Waals surface area contributed by atoms with E-state index in [9.17, 15) is 14.4 Å². The van der Waals surface area contributed by atoms with E-state index < -0.39 is 0 Å². The van der Waals surface area contributed by atoms with E-state index in [0.717, 1.165) is 6.54 Å². The highest BCUT2D eigenvalue weighted by Crippen LogP contribution is 1.76. The van der Waals surface area contributed by atoms with Gasteiger partial charge in [0.25, 0.3) is 5.91 Å². The molecule has 0 rings (SSSR count). The molecular weight excluding hydrogens is 332 g/mol. The lowest BCUT2D eigenvalue weighted by molar-refractivity contribution is -0.116. The zero-order valence-corrected chi connectivity index (χ0v) is 14.8. The first-order valence-electron chi connectivity index (χ1n) is 6.80. The maximum Gasteiger partial charge on any atom is 0.295 e. The van der Waals surface area contributed by atoms with Crippen LogP contribution in [0.4, 0.5) is 0 Å². The fourth-order valence-corrected chi connectivity index (χ4v) is 0.732. The Hall–Kier alpha value is -2.59. The van der Waals surface area contributed by atoms with Gasteiger partial charge >= 0.3 is 0 Å². The standard InChI is InChI=1S/C7H14N2O.C5H7NO.C4H7NO.3CH4/c1-8-7(10)5-4-6-9(2)3;1-3-4-5(7)6-2;1-3-4(6)5-2;;;/h4-5H,6H2,1-3H3,(H,8,10);1-2H3,(H,6,7);3H,1H2,2H3,(H,5,6);3*1H4/b5-4+;;;;;. The normalized spacial score (nSPS) is 7.35. The van der Waals surface area contributed by atoms with Crippen LogP contribution < -0.4 is 16.0 Å². The van der Waals surface area contributed by atoms with Crippen LogP contribution in [0, 0.1) is 11.8 Å². The van der Waals surface area contributed by atoms with Crippen LogP contribution in [0.15, 0.2) is 24.8 Å². The molecule has 3 N–H and O–H groups in total. The number of rotatable bonds is 4. The number of likely N-dealkylation sites (N-methyl/N-ethyl adjacent to an activating group) is 3. The molecule has 0 fully saturated rings. The van der Waals surface area contributed by atoms with Crippen LogP contribution >= 0.6 is 0 Å². The smallest absolute Gasteiger partial charge is 0.295 e. The van der Waals surface area contributed by atoms with E-state index >= 15 is 0 Å². The van der Waals surface area contributed by atoms with Crippen molar-refractivity contribution in [3.05, 3.63) is 24.8 Å². The first-order valence-corrected chi connectivity index (χ1v) is 6.80. The van der Waals surface area contributed by atoms with E-state index in [-0.39, 0.29) is 40.0 Å². The van der Waals surface area contributed by atoms with E-state index in [4.69, 9.17) is 0 Å². The molecule has 0 aromatic carbocycles. The minimum Gasteiger partial charge on any atom is -0.356 e. The fourth-order valence-electron chi connectivity index (χ4n) is 0.732. The first kappa shape index (κ1) is 38.8. The molecule has 3 amide bonds. The number of hydrogen-bond acceptors (Lipinski definition) is 4. The van der Waals surface area contributed by atoms with E-state index in [0.29, 0.717) is 0 Å². The molecule has 0 heterocycles. The summed E-state index contributed by atoms with van der Waals surface area (Å²) in [7, 11) is 8.63. The summed E-state index contributed by atoms with van der Waals surface area (Å²) in [6.45, 7) is 5.64. The highest BCUT2D eigenvalue weighted by molar-refractivity contribution is 5.93. The highest BCUT2D eigenvalue weighted by Gasteiger charge is 1.87. The third-order valence-corrected chi connectivity index (χ3v) is 1.88. The minimum absolute atomic E-state index is 0. The predicted octanol–water partition coefficient (Wildman–Crippen LogP) is 1.43. The molecule has 0 bridgehead atoms. The van der Waals surface area contributed by atoms with Gasteiger partial charge in [0.15, 0.2) is 0 Å². The molecule has 0 aliphatic heterocycles. The van der Waals surface area contributed by atoms with Gasteiger partial charge in [-0.05, 0) is 33.0 Å². The number of nitrogens with zero attached hydrogens (tertiary/aromatic N) is 1. The van der Waals surface area contributed by atoms with E-state index in [1.165, 1.54) is 12.2 Å². The Kier molecular flexibility index (Phi) is 45.2. The molecule has 0 aromatic heterocycles. The zero-order chi connectivity index (χ0) is 18.7. The summed E-state index contributed by atoms with van der Waals surface area (Å²) in [6, 6.07) is 0. The highest BCUT2D eigenvalue weighted by atomic mass is 16.2. The Morgan fingerprint density at radius 1 is 0.962 bits per heavy atom. The second kappa shape index (κ2) is 30.3. The van der Waals surface area contributed by atoms with Gasteiger partial charge in [-0.25, -0.2) is 0 Å². The van der Waals surface area contributed by atoms with Crippen LogP contribution in [0.25, 0.3) is 0 Å². The number of amides is 3. The summed E-state index contributed by atoms with van der Waals surface area (Å²) in [5.41, 5.74) is 0. The third-order valence-electron chi connectivity index (χ3n) is 1.88. The molecule has 7 nitrogen and oxygen atoms in total. The van der Waals surface area contributed by atoms with Crippen LogP contribution in [0.3, 0.4) is 0 Å². The van der Waals surface area contributed by atoms with Crippen molar-refractivity contribution < 1.29 is 14.4 Å². The van der Waals surface area contributed by atoms with Gasteiger partial charge in [-0.15, -0.1) is 0 Å². The lowest BCUT2D eigenvalue weighted by Gasteiger charge is -2.02. The lowest BCUT2D eigenvalue weighted by Crippen LogP contribution is -2.16. The van der Waals surface area contributed by atoms with Crippen molar-refractivity contribution in [2.45, 2.75) is 29.2 Å². The molecule has 0 aliphatic carbocycles. The summed E-state index contributed by atoms with van der Waals surface area (Å²) in [6.07, 6.45) is 4.57. The molecule has 154 valence electrons. The summed E-state index contributed by atoms with van der Waals surface area (Å²) in [4.78, 5) is 32.6. The van der Waals surface area contributed by atoms with E-state index in [2.05, 4.69) is 34.4 Å². The van der Waals surface area contributed by atoms with Crippen molar-refractivity contribution >= 4 is 17.7 Å². The molecule has 0 aliphatic rings. The Balaban J connectivity index is -0.0000000564. The maximum atomic E-state index is 10.6. The van der Waals surface area contributed by atoms with E-state index in [1.807, 2.05) is 25.1 Å². The van der Waals surface area contributed by atoms with Crippen LogP contribution in [-0.2, 0) is 14.4 Å². The summed E-state index contributed by atoms with van der Waals surface area (Å²) in [5.74, 6) is 4.32. The number of carbonyl (C=O) groups is 3. The number of nitrogens with one attached hydrogen (secondary N) is 3. The zero-order valence-electron chi connectivity index (χ0n) is 14.8. The average Bonchev–Trinajstić information content (AvgIpc) is 2.54. The molecule has 0 atom stereocenters. The second-order valence-corrected chi connectivity index (χ2v) is 4.05. The Labute approximate surface area is 161 Å².